The molecule has 12 heteroatoms. The van der Waals surface area contributed by atoms with Crippen LogP contribution in [0, 0.1) is 41.4 Å². The van der Waals surface area contributed by atoms with E-state index in [1.54, 1.807) is 11.5 Å². The summed E-state index contributed by atoms with van der Waals surface area (Å²) in [6.45, 7) is 24.4. The zero-order chi connectivity index (χ0) is 46.4. The molecule has 0 amide bonds. The lowest BCUT2D eigenvalue weighted by Gasteiger charge is -2.17. The maximum atomic E-state index is 13.0. The topological polar surface area (TPSA) is 154 Å². The van der Waals surface area contributed by atoms with Gasteiger partial charge in [0.05, 0.1) is 25.0 Å². The van der Waals surface area contributed by atoms with E-state index < -0.39 is 10.1 Å². The van der Waals surface area contributed by atoms with Crippen molar-refractivity contribution in [3.63, 3.8) is 0 Å². The van der Waals surface area contributed by atoms with E-state index in [1.807, 2.05) is 131 Å². The fourth-order valence-corrected chi connectivity index (χ4v) is 5.69. The van der Waals surface area contributed by atoms with Crippen LogP contribution in [-0.2, 0) is 35.2 Å². The predicted molar refractivity (Wildman–Crippen MR) is 249 cm³/mol. The number of rotatable bonds is 18. The fourth-order valence-electron chi connectivity index (χ4n) is 5.36. The number of aliphatic hydroxyl groups excluding tert-OH is 1. The third kappa shape index (κ3) is 20.2. The maximum absolute atomic E-state index is 13.0. The molecule has 61 heavy (non-hydrogen) atoms. The first-order chi connectivity index (χ1) is 28.5. The smallest absolute Gasteiger partial charge is 0.333 e. The largest absolute Gasteiger partial charge is 0.389 e. The van der Waals surface area contributed by atoms with Gasteiger partial charge in [0.1, 0.15) is 13.2 Å². The molecule has 0 saturated carbocycles. The van der Waals surface area contributed by atoms with Gasteiger partial charge in [-0.15, -0.1) is 0 Å². The van der Waals surface area contributed by atoms with Gasteiger partial charge in [0.15, 0.2) is 17.3 Å². The molecule has 0 fully saturated rings. The van der Waals surface area contributed by atoms with Crippen molar-refractivity contribution in [3.05, 3.63) is 119 Å². The minimum atomic E-state index is -3.50. The van der Waals surface area contributed by atoms with Gasteiger partial charge < -0.3 is 10.4 Å². The number of aliphatic hydroxyl groups is 1. The number of carbonyl (C=O) groups is 3. The standard InChI is InChI=1S/C21H24N2O.C13H19NO.C8H16O4S.C7H14O2/c1-16(2)17(3)20-15-22(19-12-8-5-9-13-19)21(24)23(20)14-18-10-6-4-7-11-18;1-10(2)11(3)13(15)9-14-12-7-5-4-6-8-12;1-6(2)7(3)8(9)5-12-13(4,10)11;1-5(2)6(3)7(9)4-8/h4-13,15-17H,14H2,1-3H3;4-8,10-11,14H,9H2,1-3H3;6-7H,5H2,1-4H3;5-6,8H,4H2,1-3H3. The van der Waals surface area contributed by atoms with E-state index in [0.29, 0.717) is 36.8 Å². The zero-order valence-corrected chi connectivity index (χ0v) is 39.6. The average molecular weight is 864 g/mol. The summed E-state index contributed by atoms with van der Waals surface area (Å²) in [5, 5.41) is 11.5. The summed E-state index contributed by atoms with van der Waals surface area (Å²) in [7, 11) is -3.50. The highest BCUT2D eigenvalue weighted by Crippen LogP contribution is 2.24. The minimum absolute atomic E-state index is 0.00463. The molecule has 3 aromatic carbocycles. The average Bonchev–Trinajstić information content (AvgIpc) is 3.56. The lowest BCUT2D eigenvalue weighted by Crippen LogP contribution is -2.25. The quantitative estimate of drug-likeness (QED) is 0.0933. The van der Waals surface area contributed by atoms with Gasteiger partial charge in [-0.25, -0.2) is 4.79 Å². The van der Waals surface area contributed by atoms with Crippen molar-refractivity contribution in [1.82, 2.24) is 9.13 Å². The summed E-state index contributed by atoms with van der Waals surface area (Å²) >= 11 is 0. The number of nitrogens with one attached hydrogen (secondary N) is 1. The third-order valence-electron chi connectivity index (χ3n) is 11.0. The second-order valence-electron chi connectivity index (χ2n) is 17.0. The molecule has 0 bridgehead atoms. The summed E-state index contributed by atoms with van der Waals surface area (Å²) in [5.41, 5.74) is 4.16. The highest BCUT2D eigenvalue weighted by atomic mass is 32.2. The monoisotopic (exact) mass is 864 g/mol. The number of para-hydroxylation sites is 2. The Kier molecular flexibility index (Phi) is 24.4. The number of hydrogen-bond acceptors (Lipinski definition) is 9. The van der Waals surface area contributed by atoms with Crippen LogP contribution in [0.4, 0.5) is 5.69 Å². The number of Topliss-reactive ketones (excluding diaryl/α,β-unsaturated/α-hetero) is 3. The Labute approximate surface area is 366 Å². The van der Waals surface area contributed by atoms with Crippen molar-refractivity contribution in [3.8, 4) is 5.69 Å². The van der Waals surface area contributed by atoms with Crippen molar-refractivity contribution in [1.29, 1.82) is 0 Å². The fraction of sp³-hybridized carbons (Fsp3) is 0.510. The lowest BCUT2D eigenvalue weighted by atomic mass is 9.93. The minimum Gasteiger partial charge on any atom is -0.389 e. The van der Waals surface area contributed by atoms with Crippen LogP contribution in [0.5, 0.6) is 0 Å². The summed E-state index contributed by atoms with van der Waals surface area (Å²) in [5.74, 6) is 1.72. The number of anilines is 1. The first-order valence-electron chi connectivity index (χ1n) is 21.3. The maximum Gasteiger partial charge on any atom is 0.333 e. The summed E-state index contributed by atoms with van der Waals surface area (Å²) in [6.07, 6.45) is 2.94. The van der Waals surface area contributed by atoms with E-state index in [9.17, 15) is 27.6 Å². The van der Waals surface area contributed by atoms with Crippen molar-refractivity contribution >= 4 is 33.2 Å². The highest BCUT2D eigenvalue weighted by Gasteiger charge is 2.21. The Balaban J connectivity index is 0.000000437. The van der Waals surface area contributed by atoms with Crippen LogP contribution in [0.25, 0.3) is 5.69 Å². The van der Waals surface area contributed by atoms with Gasteiger partial charge in [0.25, 0.3) is 10.1 Å². The molecule has 2 N–H and O–H groups in total. The Morgan fingerprint density at radius 2 is 1.08 bits per heavy atom. The summed E-state index contributed by atoms with van der Waals surface area (Å²) < 4.78 is 29.2. The third-order valence-corrected chi connectivity index (χ3v) is 11.6. The number of nitrogens with zero attached hydrogens (tertiary/aromatic N) is 2. The van der Waals surface area contributed by atoms with Crippen LogP contribution in [-0.4, -0.2) is 66.0 Å². The lowest BCUT2D eigenvalue weighted by molar-refractivity contribution is -0.126. The second-order valence-corrected chi connectivity index (χ2v) is 18.6. The van der Waals surface area contributed by atoms with Crippen LogP contribution >= 0.6 is 0 Å². The Morgan fingerprint density at radius 1 is 0.639 bits per heavy atom. The number of hydrogen-bond donors (Lipinski definition) is 2. The normalized spacial score (nSPS) is 13.1. The molecule has 1 aromatic heterocycles. The molecule has 0 aliphatic rings. The summed E-state index contributed by atoms with van der Waals surface area (Å²) in [4.78, 5) is 46.7. The highest BCUT2D eigenvalue weighted by molar-refractivity contribution is 7.86. The molecule has 4 unspecified atom stereocenters. The molecule has 11 nitrogen and oxygen atoms in total. The van der Waals surface area contributed by atoms with Gasteiger partial charge >= 0.3 is 5.69 Å². The molecule has 338 valence electrons. The molecule has 0 spiro atoms. The van der Waals surface area contributed by atoms with E-state index in [0.717, 1.165) is 28.9 Å². The molecular weight excluding hydrogens is 791 g/mol. The molecule has 1 heterocycles. The molecule has 0 aliphatic heterocycles. The van der Waals surface area contributed by atoms with Gasteiger partial charge in [-0.05, 0) is 53.5 Å². The van der Waals surface area contributed by atoms with Crippen LogP contribution in [0.2, 0.25) is 0 Å². The van der Waals surface area contributed by atoms with Crippen LogP contribution in [0.3, 0.4) is 0 Å². The van der Waals surface area contributed by atoms with Crippen molar-refractivity contribution < 1.29 is 32.1 Å². The van der Waals surface area contributed by atoms with E-state index in [1.165, 1.54) is 0 Å². The zero-order valence-electron chi connectivity index (χ0n) is 38.8. The SMILES string of the molecule is CC(C)C(C)C(=O)CNc1ccccc1.CC(C)C(C)C(=O)CO.CC(C)C(C)C(=O)COS(C)(=O)=O.CC(C)C(C)c1cn(-c2ccccc2)c(=O)n1Cc1ccccc1. The van der Waals surface area contributed by atoms with Crippen LogP contribution in [0.1, 0.15) is 100 Å². The van der Waals surface area contributed by atoms with E-state index in [-0.39, 0.29) is 59.9 Å². The number of carbonyl (C=O) groups excluding carboxylic acids is 3. The Bertz CT molecular complexity index is 2040. The van der Waals surface area contributed by atoms with Gasteiger partial charge in [-0.3, -0.25) is 27.7 Å². The number of ketones is 3. The van der Waals surface area contributed by atoms with Crippen molar-refractivity contribution in [2.45, 2.75) is 95.5 Å². The number of imidazole rings is 1. The molecule has 4 aromatic rings. The predicted octanol–water partition coefficient (Wildman–Crippen LogP) is 9.07. The molecule has 0 aliphatic carbocycles. The van der Waals surface area contributed by atoms with E-state index in [4.69, 9.17) is 5.11 Å². The van der Waals surface area contributed by atoms with E-state index >= 15 is 0 Å². The van der Waals surface area contributed by atoms with Gasteiger partial charge in [-0.1, -0.05) is 150 Å². The van der Waals surface area contributed by atoms with Crippen LogP contribution < -0.4 is 11.0 Å². The van der Waals surface area contributed by atoms with Gasteiger partial charge in [0.2, 0.25) is 0 Å². The van der Waals surface area contributed by atoms with Crippen LogP contribution in [0.15, 0.2) is 102 Å². The summed E-state index contributed by atoms with van der Waals surface area (Å²) in [6, 6.07) is 29.8. The Morgan fingerprint density at radius 3 is 1.51 bits per heavy atom. The first kappa shape index (κ1) is 54.4. The van der Waals surface area contributed by atoms with Gasteiger partial charge in [-0.2, -0.15) is 8.42 Å². The second kappa shape index (κ2) is 27.3. The van der Waals surface area contributed by atoms with Gasteiger partial charge in [0, 0.05) is 41.2 Å². The molecule has 4 atom stereocenters. The molecule has 0 radical (unpaired) electrons. The van der Waals surface area contributed by atoms with E-state index in [2.05, 4.69) is 56.3 Å². The molecule has 0 saturated heterocycles. The first-order valence-corrected chi connectivity index (χ1v) is 23.1. The number of benzene rings is 3. The molecular formula is C49H73N3O8S. The number of aromatic nitrogens is 2. The molecule has 4 rings (SSSR count). The van der Waals surface area contributed by atoms with Crippen molar-refractivity contribution in [2.24, 2.45) is 41.4 Å². The Hall–Kier alpha value is -4.65. The van der Waals surface area contributed by atoms with Crippen molar-refractivity contribution in [2.75, 3.05) is 31.3 Å².